The molecular formula is C17H28ClN3. The van der Waals surface area contributed by atoms with E-state index in [1.54, 1.807) is 6.20 Å². The normalized spacial score (nSPS) is 30.9. The van der Waals surface area contributed by atoms with E-state index in [0.29, 0.717) is 5.92 Å². The number of fused-ring (bicyclic) bond motifs is 1. The van der Waals surface area contributed by atoms with Crippen molar-refractivity contribution >= 4 is 11.6 Å². The van der Waals surface area contributed by atoms with Crippen molar-refractivity contribution < 1.29 is 0 Å². The molecule has 0 spiro atoms. The van der Waals surface area contributed by atoms with E-state index < -0.39 is 0 Å². The van der Waals surface area contributed by atoms with Gasteiger partial charge in [0, 0.05) is 6.54 Å². The van der Waals surface area contributed by atoms with Crippen molar-refractivity contribution in [3.63, 3.8) is 0 Å². The van der Waals surface area contributed by atoms with Gasteiger partial charge in [-0.05, 0) is 43.4 Å². The van der Waals surface area contributed by atoms with Crippen LogP contribution >= 0.6 is 11.6 Å². The number of hydrogen-bond acceptors (Lipinski definition) is 2. The molecule has 0 radical (unpaired) electrons. The van der Waals surface area contributed by atoms with Crippen LogP contribution in [0.3, 0.4) is 0 Å². The molecule has 0 aromatic carbocycles. The maximum atomic E-state index is 6.62. The Bertz CT molecular complexity index is 471. The van der Waals surface area contributed by atoms with E-state index >= 15 is 0 Å². The van der Waals surface area contributed by atoms with Crippen LogP contribution in [0.2, 0.25) is 5.02 Å². The summed E-state index contributed by atoms with van der Waals surface area (Å²) in [6.07, 6.45) is 12.4. The van der Waals surface area contributed by atoms with Gasteiger partial charge >= 0.3 is 0 Å². The molecule has 4 atom stereocenters. The summed E-state index contributed by atoms with van der Waals surface area (Å²) < 4.78 is 2.03. The Balaban J connectivity index is 1.73. The molecule has 21 heavy (non-hydrogen) atoms. The lowest BCUT2D eigenvalue weighted by Gasteiger charge is -2.41. The van der Waals surface area contributed by atoms with Gasteiger partial charge in [-0.2, -0.15) is 5.10 Å². The van der Waals surface area contributed by atoms with Crippen molar-refractivity contribution in [2.45, 2.75) is 70.9 Å². The van der Waals surface area contributed by atoms with Crippen molar-refractivity contribution in [1.82, 2.24) is 9.78 Å². The zero-order chi connectivity index (χ0) is 14.8. The molecule has 0 bridgehead atoms. The topological polar surface area (TPSA) is 43.8 Å². The number of hydrogen-bond donors (Lipinski definition) is 1. The molecule has 2 fully saturated rings. The fraction of sp³-hybridized carbons (Fsp3) is 0.824. The van der Waals surface area contributed by atoms with Gasteiger partial charge in [-0.25, -0.2) is 0 Å². The summed E-state index contributed by atoms with van der Waals surface area (Å²) in [7, 11) is 0. The van der Waals surface area contributed by atoms with Gasteiger partial charge in [-0.3, -0.25) is 4.68 Å². The Kier molecular flexibility index (Phi) is 4.90. The van der Waals surface area contributed by atoms with E-state index in [1.807, 2.05) is 4.68 Å². The molecule has 2 aliphatic rings. The molecule has 4 unspecified atom stereocenters. The molecule has 0 saturated heterocycles. The van der Waals surface area contributed by atoms with Crippen molar-refractivity contribution in [2.75, 3.05) is 0 Å². The second-order valence-electron chi connectivity index (χ2n) is 7.00. The van der Waals surface area contributed by atoms with Gasteiger partial charge in [0.15, 0.2) is 0 Å². The number of nitrogens with zero attached hydrogens (tertiary/aromatic N) is 2. The molecule has 2 N–H and O–H groups in total. The fourth-order valence-corrected chi connectivity index (χ4v) is 4.82. The van der Waals surface area contributed by atoms with Crippen molar-refractivity contribution in [3.05, 3.63) is 16.9 Å². The number of rotatable bonds is 4. The number of aromatic nitrogens is 2. The van der Waals surface area contributed by atoms with E-state index in [9.17, 15) is 0 Å². The molecular weight excluding hydrogens is 282 g/mol. The average Bonchev–Trinajstić information content (AvgIpc) is 2.87. The zero-order valence-electron chi connectivity index (χ0n) is 13.1. The van der Waals surface area contributed by atoms with Crippen molar-refractivity contribution in [2.24, 2.45) is 23.5 Å². The summed E-state index contributed by atoms with van der Waals surface area (Å²) in [5, 5.41) is 5.16. The Morgan fingerprint density at radius 2 is 2.05 bits per heavy atom. The summed E-state index contributed by atoms with van der Waals surface area (Å²) in [5.41, 5.74) is 7.69. The van der Waals surface area contributed by atoms with Crippen LogP contribution in [0.25, 0.3) is 0 Å². The number of aryl methyl sites for hydroxylation is 1. The quantitative estimate of drug-likeness (QED) is 0.886. The van der Waals surface area contributed by atoms with Gasteiger partial charge in [0.05, 0.1) is 23.0 Å². The Morgan fingerprint density at radius 1 is 1.29 bits per heavy atom. The third-order valence-corrected chi connectivity index (χ3v) is 5.96. The lowest BCUT2D eigenvalue weighted by Crippen LogP contribution is -2.34. The van der Waals surface area contributed by atoms with E-state index in [4.69, 9.17) is 17.3 Å². The van der Waals surface area contributed by atoms with E-state index in [-0.39, 0.29) is 6.04 Å². The standard InChI is InChI=1S/C17H28ClN3/c1-2-9-21-17(15(18)11-20-21)16(19)14-8-7-12-5-3-4-6-13(12)10-14/h11-14,16H,2-10,19H2,1H3. The third kappa shape index (κ3) is 3.14. The molecule has 1 aromatic heterocycles. The zero-order valence-corrected chi connectivity index (χ0v) is 13.9. The first-order valence-corrected chi connectivity index (χ1v) is 9.05. The highest BCUT2D eigenvalue weighted by Gasteiger charge is 2.36. The van der Waals surface area contributed by atoms with Crippen LogP contribution in [-0.2, 0) is 6.54 Å². The molecule has 3 rings (SSSR count). The summed E-state index contributed by atoms with van der Waals surface area (Å²) >= 11 is 6.37. The minimum absolute atomic E-state index is 0.0504. The molecule has 118 valence electrons. The largest absolute Gasteiger partial charge is 0.322 e. The highest BCUT2D eigenvalue weighted by atomic mass is 35.5. The average molecular weight is 310 g/mol. The van der Waals surface area contributed by atoms with Gasteiger partial charge < -0.3 is 5.73 Å². The van der Waals surface area contributed by atoms with Crippen molar-refractivity contribution in [1.29, 1.82) is 0 Å². The number of halogens is 1. The molecule has 1 aromatic rings. The van der Waals surface area contributed by atoms with Crippen LogP contribution < -0.4 is 5.73 Å². The SMILES string of the molecule is CCCn1ncc(Cl)c1C(N)C1CCC2CCCCC2C1. The van der Waals surface area contributed by atoms with Crippen LogP contribution in [0.15, 0.2) is 6.20 Å². The Labute approximate surface area is 133 Å². The molecule has 3 nitrogen and oxygen atoms in total. The monoisotopic (exact) mass is 309 g/mol. The van der Waals surface area contributed by atoms with Gasteiger partial charge in [0.2, 0.25) is 0 Å². The fourth-order valence-electron chi connectivity index (χ4n) is 4.55. The molecule has 4 heteroatoms. The molecule has 0 aliphatic heterocycles. The lowest BCUT2D eigenvalue weighted by atomic mass is 9.66. The summed E-state index contributed by atoms with van der Waals surface area (Å²) in [6, 6.07) is 0.0504. The highest BCUT2D eigenvalue weighted by Crippen LogP contribution is 2.46. The maximum absolute atomic E-state index is 6.62. The van der Waals surface area contributed by atoms with Crippen LogP contribution in [-0.4, -0.2) is 9.78 Å². The minimum Gasteiger partial charge on any atom is -0.322 e. The summed E-state index contributed by atoms with van der Waals surface area (Å²) in [5.74, 6) is 2.46. The molecule has 2 aliphatic carbocycles. The maximum Gasteiger partial charge on any atom is 0.0834 e. The van der Waals surface area contributed by atoms with Gasteiger partial charge in [-0.15, -0.1) is 0 Å². The highest BCUT2D eigenvalue weighted by molar-refractivity contribution is 6.31. The second kappa shape index (κ2) is 6.70. The first-order chi connectivity index (χ1) is 10.2. The first kappa shape index (κ1) is 15.4. The lowest BCUT2D eigenvalue weighted by molar-refractivity contribution is 0.115. The second-order valence-corrected chi connectivity index (χ2v) is 7.41. The molecule has 1 heterocycles. The Hall–Kier alpha value is -0.540. The summed E-state index contributed by atoms with van der Waals surface area (Å²) in [6.45, 7) is 3.08. The van der Waals surface area contributed by atoms with Crippen LogP contribution in [0.4, 0.5) is 0 Å². The van der Waals surface area contributed by atoms with Gasteiger partial charge in [0.1, 0.15) is 0 Å². The van der Waals surface area contributed by atoms with E-state index in [2.05, 4.69) is 12.0 Å². The van der Waals surface area contributed by atoms with Crippen LogP contribution in [0.5, 0.6) is 0 Å². The molecule has 0 amide bonds. The minimum atomic E-state index is 0.0504. The predicted octanol–water partition coefficient (Wildman–Crippen LogP) is 4.55. The molecule has 2 saturated carbocycles. The van der Waals surface area contributed by atoms with Crippen LogP contribution in [0.1, 0.15) is 70.0 Å². The number of nitrogens with two attached hydrogens (primary N) is 1. The Morgan fingerprint density at radius 3 is 2.81 bits per heavy atom. The van der Waals surface area contributed by atoms with Gasteiger partial charge in [0.25, 0.3) is 0 Å². The smallest absolute Gasteiger partial charge is 0.0834 e. The van der Waals surface area contributed by atoms with E-state index in [1.165, 1.54) is 44.9 Å². The van der Waals surface area contributed by atoms with E-state index in [0.717, 1.165) is 35.5 Å². The van der Waals surface area contributed by atoms with Gasteiger partial charge in [-0.1, -0.05) is 44.2 Å². The van der Waals surface area contributed by atoms with Crippen molar-refractivity contribution in [3.8, 4) is 0 Å². The predicted molar refractivity (Wildman–Crippen MR) is 87.2 cm³/mol. The first-order valence-electron chi connectivity index (χ1n) is 8.67. The van der Waals surface area contributed by atoms with Crippen LogP contribution in [0, 0.1) is 17.8 Å². The third-order valence-electron chi connectivity index (χ3n) is 5.67. The summed E-state index contributed by atoms with van der Waals surface area (Å²) in [4.78, 5) is 0.